The molecular formula is C8H11N3O3. The molecule has 0 aliphatic carbocycles. The second kappa shape index (κ2) is 5.13. The minimum absolute atomic E-state index is 0.113. The predicted molar refractivity (Wildman–Crippen MR) is 47.9 cm³/mol. The van der Waals surface area contributed by atoms with Crippen LogP contribution in [0.2, 0.25) is 0 Å². The van der Waals surface area contributed by atoms with Gasteiger partial charge in [0.15, 0.2) is 5.69 Å². The minimum Gasteiger partial charge on any atom is -0.475 e. The molecule has 0 radical (unpaired) electrons. The fraction of sp³-hybridized carbons (Fsp3) is 0.375. The molecule has 0 fully saturated rings. The summed E-state index contributed by atoms with van der Waals surface area (Å²) in [7, 11) is 1.28. The Morgan fingerprint density at radius 2 is 2.36 bits per heavy atom. The Balaban J connectivity index is 2.73. The van der Waals surface area contributed by atoms with Crippen LogP contribution >= 0.6 is 0 Å². The third-order valence-corrected chi connectivity index (χ3v) is 1.37. The molecule has 0 spiro atoms. The number of carbonyl (C=O) groups is 1. The van der Waals surface area contributed by atoms with Crippen LogP contribution < -0.4 is 10.5 Å². The highest BCUT2D eigenvalue weighted by Crippen LogP contribution is 2.05. The summed E-state index contributed by atoms with van der Waals surface area (Å²) in [4.78, 5) is 18.7. The van der Waals surface area contributed by atoms with Crippen LogP contribution in [0.3, 0.4) is 0 Å². The Bertz CT molecular complexity index is 316. The topological polar surface area (TPSA) is 87.3 Å². The van der Waals surface area contributed by atoms with Gasteiger partial charge >= 0.3 is 5.97 Å². The fourth-order valence-electron chi connectivity index (χ4n) is 0.784. The molecule has 0 aromatic carbocycles. The van der Waals surface area contributed by atoms with Crippen molar-refractivity contribution in [2.24, 2.45) is 5.73 Å². The number of hydrogen-bond acceptors (Lipinski definition) is 6. The van der Waals surface area contributed by atoms with Crippen LogP contribution in [0, 0.1) is 0 Å². The average molecular weight is 197 g/mol. The molecule has 14 heavy (non-hydrogen) atoms. The Morgan fingerprint density at radius 3 is 3.00 bits per heavy atom. The SMILES string of the molecule is COC(=O)c1cncc(OCCN)n1. The maximum absolute atomic E-state index is 11.0. The molecule has 0 saturated heterocycles. The first-order valence-electron chi connectivity index (χ1n) is 4.01. The number of esters is 1. The molecule has 6 nitrogen and oxygen atoms in total. The van der Waals surface area contributed by atoms with Crippen molar-refractivity contribution in [2.75, 3.05) is 20.3 Å². The summed E-state index contributed by atoms with van der Waals surface area (Å²) in [6.45, 7) is 0.712. The first-order chi connectivity index (χ1) is 6.77. The predicted octanol–water partition coefficient (Wildman–Crippen LogP) is -0.399. The molecule has 0 saturated carbocycles. The van der Waals surface area contributed by atoms with Crippen LogP contribution in [0.4, 0.5) is 0 Å². The molecule has 0 unspecified atom stereocenters. The first kappa shape index (κ1) is 10.4. The first-order valence-corrected chi connectivity index (χ1v) is 4.01. The van der Waals surface area contributed by atoms with Gasteiger partial charge in [-0.25, -0.2) is 9.78 Å². The van der Waals surface area contributed by atoms with Crippen LogP contribution in [0.25, 0.3) is 0 Å². The normalized spacial score (nSPS) is 9.57. The van der Waals surface area contributed by atoms with Crippen molar-refractivity contribution >= 4 is 5.97 Å². The highest BCUT2D eigenvalue weighted by atomic mass is 16.5. The number of carbonyl (C=O) groups excluding carboxylic acids is 1. The van der Waals surface area contributed by atoms with Gasteiger partial charge in [0, 0.05) is 6.54 Å². The number of nitrogens with zero attached hydrogens (tertiary/aromatic N) is 2. The van der Waals surface area contributed by atoms with Gasteiger partial charge < -0.3 is 15.2 Å². The molecule has 6 heteroatoms. The van der Waals surface area contributed by atoms with E-state index in [1.807, 2.05) is 0 Å². The molecule has 1 rings (SSSR count). The Hall–Kier alpha value is -1.69. The monoisotopic (exact) mass is 197 g/mol. The summed E-state index contributed by atoms with van der Waals surface area (Å²) in [5.41, 5.74) is 5.35. The van der Waals surface area contributed by atoms with Gasteiger partial charge in [-0.1, -0.05) is 0 Å². The molecule has 0 aliphatic rings. The van der Waals surface area contributed by atoms with Gasteiger partial charge in [-0.05, 0) is 0 Å². The Kier molecular flexibility index (Phi) is 3.81. The van der Waals surface area contributed by atoms with Crippen LogP contribution in [0.1, 0.15) is 10.5 Å². The summed E-state index contributed by atoms with van der Waals surface area (Å²) < 4.78 is 9.56. The zero-order chi connectivity index (χ0) is 10.4. The van der Waals surface area contributed by atoms with E-state index in [0.717, 1.165) is 0 Å². The van der Waals surface area contributed by atoms with Gasteiger partial charge in [0.1, 0.15) is 6.61 Å². The standard InChI is InChI=1S/C8H11N3O3/c1-13-8(12)6-4-10-5-7(11-6)14-3-2-9/h4-5H,2-3,9H2,1H3. The fourth-order valence-corrected chi connectivity index (χ4v) is 0.784. The molecule has 2 N–H and O–H groups in total. The Morgan fingerprint density at radius 1 is 1.57 bits per heavy atom. The van der Waals surface area contributed by atoms with E-state index in [9.17, 15) is 4.79 Å². The number of ether oxygens (including phenoxy) is 2. The third kappa shape index (κ3) is 2.67. The average Bonchev–Trinajstić information content (AvgIpc) is 2.25. The lowest BCUT2D eigenvalue weighted by molar-refractivity contribution is 0.0592. The number of hydrogen-bond donors (Lipinski definition) is 1. The summed E-state index contributed by atoms with van der Waals surface area (Å²) >= 11 is 0. The van der Waals surface area contributed by atoms with E-state index in [1.54, 1.807) is 0 Å². The smallest absolute Gasteiger partial charge is 0.358 e. The van der Waals surface area contributed by atoms with Gasteiger partial charge in [0.05, 0.1) is 19.5 Å². The molecular weight excluding hydrogens is 186 g/mol. The molecule has 1 aromatic heterocycles. The van der Waals surface area contributed by atoms with Crippen molar-refractivity contribution in [3.8, 4) is 5.88 Å². The summed E-state index contributed by atoms with van der Waals surface area (Å²) in [5, 5.41) is 0. The molecule has 1 aromatic rings. The molecule has 76 valence electrons. The third-order valence-electron chi connectivity index (χ3n) is 1.37. The van der Waals surface area contributed by atoms with Gasteiger partial charge in [-0.3, -0.25) is 4.98 Å². The van der Waals surface area contributed by atoms with E-state index in [0.29, 0.717) is 13.2 Å². The second-order valence-corrected chi connectivity index (χ2v) is 2.37. The van der Waals surface area contributed by atoms with E-state index >= 15 is 0 Å². The van der Waals surface area contributed by atoms with Crippen LogP contribution in [-0.4, -0.2) is 36.2 Å². The van der Waals surface area contributed by atoms with E-state index in [-0.39, 0.29) is 11.6 Å². The van der Waals surface area contributed by atoms with Crippen molar-refractivity contribution in [1.29, 1.82) is 0 Å². The van der Waals surface area contributed by atoms with Crippen molar-refractivity contribution in [3.05, 3.63) is 18.1 Å². The molecule has 1 heterocycles. The van der Waals surface area contributed by atoms with Gasteiger partial charge in [0.25, 0.3) is 0 Å². The zero-order valence-corrected chi connectivity index (χ0v) is 7.77. The van der Waals surface area contributed by atoms with Crippen molar-refractivity contribution < 1.29 is 14.3 Å². The number of aromatic nitrogens is 2. The van der Waals surface area contributed by atoms with Gasteiger partial charge in [0.2, 0.25) is 5.88 Å². The van der Waals surface area contributed by atoms with Crippen molar-refractivity contribution in [2.45, 2.75) is 0 Å². The Labute approximate surface area is 81.1 Å². The lowest BCUT2D eigenvalue weighted by Crippen LogP contribution is -2.12. The maximum atomic E-state index is 11.0. The van der Waals surface area contributed by atoms with E-state index in [2.05, 4.69) is 14.7 Å². The summed E-state index contributed by atoms with van der Waals surface area (Å²) in [6, 6.07) is 0. The van der Waals surface area contributed by atoms with Crippen LogP contribution in [-0.2, 0) is 4.74 Å². The quantitative estimate of drug-likeness (QED) is 0.661. The number of methoxy groups -OCH3 is 1. The molecule has 0 aliphatic heterocycles. The van der Waals surface area contributed by atoms with Crippen molar-refractivity contribution in [1.82, 2.24) is 9.97 Å². The van der Waals surface area contributed by atoms with Gasteiger partial charge in [-0.2, -0.15) is 0 Å². The molecule has 0 bridgehead atoms. The van der Waals surface area contributed by atoms with Gasteiger partial charge in [-0.15, -0.1) is 0 Å². The largest absolute Gasteiger partial charge is 0.475 e. The number of rotatable bonds is 4. The zero-order valence-electron chi connectivity index (χ0n) is 7.77. The minimum atomic E-state index is -0.546. The number of nitrogens with two attached hydrogens (primary N) is 1. The summed E-state index contributed by atoms with van der Waals surface area (Å²) in [5.74, 6) is -0.283. The molecule has 0 amide bonds. The van der Waals surface area contributed by atoms with E-state index in [1.165, 1.54) is 19.5 Å². The maximum Gasteiger partial charge on any atom is 0.358 e. The van der Waals surface area contributed by atoms with Crippen LogP contribution in [0.15, 0.2) is 12.4 Å². The summed E-state index contributed by atoms with van der Waals surface area (Å²) in [6.07, 6.45) is 2.71. The van der Waals surface area contributed by atoms with E-state index in [4.69, 9.17) is 10.5 Å². The lowest BCUT2D eigenvalue weighted by atomic mass is 10.4. The van der Waals surface area contributed by atoms with E-state index < -0.39 is 5.97 Å². The second-order valence-electron chi connectivity index (χ2n) is 2.37. The highest BCUT2D eigenvalue weighted by Gasteiger charge is 2.08. The van der Waals surface area contributed by atoms with Crippen molar-refractivity contribution in [3.63, 3.8) is 0 Å². The molecule has 0 atom stereocenters. The van der Waals surface area contributed by atoms with Crippen LogP contribution in [0.5, 0.6) is 5.88 Å². The lowest BCUT2D eigenvalue weighted by Gasteiger charge is -2.03. The highest BCUT2D eigenvalue weighted by molar-refractivity contribution is 5.86.